The molecule has 9 heteroatoms. The topological polar surface area (TPSA) is 71.9 Å². The molecule has 0 saturated carbocycles. The summed E-state index contributed by atoms with van der Waals surface area (Å²) in [5, 5.41) is 25.2. The van der Waals surface area contributed by atoms with Crippen LogP contribution in [0.5, 0.6) is 11.5 Å². The second kappa shape index (κ2) is 9.23. The number of nitrogens with zero attached hydrogens (tertiary/aromatic N) is 2. The third-order valence-electron chi connectivity index (χ3n) is 3.50. The fraction of sp³-hybridized carbons (Fsp3) is 0. The smallest absolute Gasteiger partial charge is 0.870 e. The molecule has 27 heavy (non-hydrogen) atoms. The summed E-state index contributed by atoms with van der Waals surface area (Å²) >= 11 is 23.1. The summed E-state index contributed by atoms with van der Waals surface area (Å²) in [6.07, 6.45) is 3.08. The van der Waals surface area contributed by atoms with Crippen molar-refractivity contribution in [1.29, 1.82) is 0 Å². The largest absolute Gasteiger partial charge is 2.00 e. The Labute approximate surface area is 187 Å². The molecule has 4 rings (SSSR count). The van der Waals surface area contributed by atoms with Crippen LogP contribution in [0.1, 0.15) is 0 Å². The zero-order valence-corrected chi connectivity index (χ0v) is 19.5. The molecule has 0 N–H and O–H groups in total. The Morgan fingerprint density at radius 3 is 1.37 bits per heavy atom. The van der Waals surface area contributed by atoms with Crippen LogP contribution in [-0.2, 0) is 19.5 Å². The van der Waals surface area contributed by atoms with Gasteiger partial charge in [0, 0.05) is 33.2 Å². The van der Waals surface area contributed by atoms with Crippen molar-refractivity contribution < 1.29 is 29.7 Å². The molecule has 2 aromatic carbocycles. The molecule has 132 valence electrons. The number of hydrogen-bond donors (Lipinski definition) is 0. The molecule has 4 nitrogen and oxygen atoms in total. The van der Waals surface area contributed by atoms with Crippen LogP contribution in [0.3, 0.4) is 0 Å². The minimum absolute atomic E-state index is 0. The Morgan fingerprint density at radius 2 is 1.00 bits per heavy atom. The fourth-order valence-electron chi connectivity index (χ4n) is 2.29. The molecule has 0 spiro atoms. The van der Waals surface area contributed by atoms with Crippen molar-refractivity contribution in [2.75, 3.05) is 0 Å². The van der Waals surface area contributed by atoms with Gasteiger partial charge < -0.3 is 10.2 Å². The number of pyridine rings is 2. The van der Waals surface area contributed by atoms with E-state index in [0.717, 1.165) is 0 Å². The van der Waals surface area contributed by atoms with Gasteiger partial charge in [0.1, 0.15) is 0 Å². The van der Waals surface area contributed by atoms with Crippen LogP contribution in [0, 0.1) is 0 Å². The Kier molecular flexibility index (Phi) is 7.50. The predicted octanol–water partition coefficient (Wildman–Crippen LogP) is 5.23. The average molecular weight is 491 g/mol. The van der Waals surface area contributed by atoms with E-state index in [0.29, 0.717) is 31.9 Å². The second-order valence-corrected chi connectivity index (χ2v) is 6.77. The molecule has 0 unspecified atom stereocenters. The van der Waals surface area contributed by atoms with Crippen molar-refractivity contribution in [2.45, 2.75) is 0 Å². The Hall–Kier alpha value is -1.36. The van der Waals surface area contributed by atoms with E-state index >= 15 is 0 Å². The standard InChI is InChI=1S/2C9H5Cl2NO.Zn/c2*10-6-4-7(11)9(13)8-5(6)2-1-3-12-8;/h2*1-4,13H;/q;;+2/p-2. The van der Waals surface area contributed by atoms with Crippen molar-refractivity contribution in [3.63, 3.8) is 0 Å². The van der Waals surface area contributed by atoms with Gasteiger partial charge >= 0.3 is 19.5 Å². The maximum atomic E-state index is 11.4. The van der Waals surface area contributed by atoms with Gasteiger partial charge in [-0.1, -0.05) is 57.9 Å². The van der Waals surface area contributed by atoms with Gasteiger partial charge in [-0.25, -0.2) is 0 Å². The number of aromatic nitrogens is 2. The van der Waals surface area contributed by atoms with Crippen LogP contribution < -0.4 is 10.2 Å². The fourth-order valence-corrected chi connectivity index (χ4v) is 3.33. The van der Waals surface area contributed by atoms with Crippen LogP contribution >= 0.6 is 46.4 Å². The number of halogens is 4. The van der Waals surface area contributed by atoms with Gasteiger partial charge in [-0.2, -0.15) is 0 Å². The van der Waals surface area contributed by atoms with Gasteiger partial charge in [0.15, 0.2) is 0 Å². The number of hydrogen-bond acceptors (Lipinski definition) is 4. The second-order valence-electron chi connectivity index (χ2n) is 5.14. The molecule has 0 aliphatic heterocycles. The van der Waals surface area contributed by atoms with E-state index < -0.39 is 0 Å². The van der Waals surface area contributed by atoms with Crippen molar-refractivity contribution in [3.8, 4) is 11.5 Å². The van der Waals surface area contributed by atoms with Gasteiger partial charge in [-0.3, -0.25) is 9.97 Å². The van der Waals surface area contributed by atoms with Gasteiger partial charge in [0.05, 0.1) is 21.1 Å². The zero-order chi connectivity index (χ0) is 18.8. The van der Waals surface area contributed by atoms with Crippen molar-refractivity contribution in [1.82, 2.24) is 9.97 Å². The molecular weight excluding hydrogens is 483 g/mol. The Bertz CT molecular complexity index is 1040. The van der Waals surface area contributed by atoms with E-state index in [2.05, 4.69) is 9.97 Å². The van der Waals surface area contributed by atoms with Gasteiger partial charge in [-0.15, -0.1) is 0 Å². The molecule has 2 heterocycles. The normalized spacial score (nSPS) is 10.2. The minimum Gasteiger partial charge on any atom is -0.870 e. The van der Waals surface area contributed by atoms with E-state index in [1.54, 1.807) is 24.3 Å². The molecule has 0 aliphatic rings. The van der Waals surface area contributed by atoms with Crippen LogP contribution in [0.25, 0.3) is 21.8 Å². The number of fused-ring (bicyclic) bond motifs is 2. The molecule has 0 fully saturated rings. The first kappa shape index (κ1) is 21.9. The predicted molar refractivity (Wildman–Crippen MR) is 102 cm³/mol. The van der Waals surface area contributed by atoms with E-state index in [1.165, 1.54) is 24.5 Å². The quantitative estimate of drug-likeness (QED) is 0.316. The Balaban J connectivity index is 0.000000187. The maximum absolute atomic E-state index is 11.4. The summed E-state index contributed by atoms with van der Waals surface area (Å²) in [7, 11) is 0. The van der Waals surface area contributed by atoms with Crippen molar-refractivity contribution in [3.05, 3.63) is 68.9 Å². The minimum atomic E-state index is -0.276. The summed E-state index contributed by atoms with van der Waals surface area (Å²) in [6, 6.07) is 9.80. The van der Waals surface area contributed by atoms with Crippen molar-refractivity contribution in [2.24, 2.45) is 0 Å². The SMILES string of the molecule is [O-]c1c(Cl)cc(Cl)c2cccnc12.[O-]c1c(Cl)cc(Cl)c2cccnc12.[Zn+2]. The number of benzene rings is 2. The summed E-state index contributed by atoms with van der Waals surface area (Å²) in [5.74, 6) is -0.552. The monoisotopic (exact) mass is 488 g/mol. The molecule has 0 saturated heterocycles. The molecule has 0 aliphatic carbocycles. The summed E-state index contributed by atoms with van der Waals surface area (Å²) in [6.45, 7) is 0. The summed E-state index contributed by atoms with van der Waals surface area (Å²) in [5.41, 5.74) is 0.639. The molecule has 0 amide bonds. The maximum Gasteiger partial charge on any atom is 2.00 e. The van der Waals surface area contributed by atoms with Crippen LogP contribution in [0.2, 0.25) is 20.1 Å². The first-order valence-electron chi connectivity index (χ1n) is 7.19. The van der Waals surface area contributed by atoms with E-state index in [9.17, 15) is 10.2 Å². The van der Waals surface area contributed by atoms with Gasteiger partial charge in [0.2, 0.25) is 0 Å². The molecule has 0 radical (unpaired) electrons. The van der Waals surface area contributed by atoms with Crippen LogP contribution in [0.4, 0.5) is 0 Å². The van der Waals surface area contributed by atoms with E-state index in [4.69, 9.17) is 46.4 Å². The third-order valence-corrected chi connectivity index (χ3v) is 4.69. The third kappa shape index (κ3) is 4.56. The van der Waals surface area contributed by atoms with Crippen molar-refractivity contribution >= 4 is 68.2 Å². The molecule has 0 bridgehead atoms. The van der Waals surface area contributed by atoms with Crippen LogP contribution in [-0.4, -0.2) is 9.97 Å². The molecule has 4 aromatic rings. The summed E-state index contributed by atoms with van der Waals surface area (Å²) in [4.78, 5) is 7.84. The molecule has 2 aromatic heterocycles. The van der Waals surface area contributed by atoms with E-state index in [1.807, 2.05) is 0 Å². The molecular formula is C18H8Cl4N2O2Zn. The zero-order valence-electron chi connectivity index (χ0n) is 13.5. The molecule has 0 atom stereocenters. The Morgan fingerprint density at radius 1 is 0.630 bits per heavy atom. The number of rotatable bonds is 0. The van der Waals surface area contributed by atoms with E-state index in [-0.39, 0.29) is 41.0 Å². The van der Waals surface area contributed by atoms with Crippen LogP contribution in [0.15, 0.2) is 48.8 Å². The average Bonchev–Trinajstić information content (AvgIpc) is 2.65. The first-order valence-corrected chi connectivity index (χ1v) is 8.71. The van der Waals surface area contributed by atoms with Gasteiger partial charge in [0.25, 0.3) is 0 Å². The first-order chi connectivity index (χ1) is 12.4. The summed E-state index contributed by atoms with van der Waals surface area (Å²) < 4.78 is 0. The van der Waals surface area contributed by atoms with Gasteiger partial charge in [-0.05, 0) is 36.4 Å².